The Bertz CT molecular complexity index is 486. The highest BCUT2D eigenvalue weighted by molar-refractivity contribution is 6.30. The Kier molecular flexibility index (Phi) is 4.22. The number of anilines is 1. The number of nitrogens with two attached hydrogens (primary N) is 1. The topological polar surface area (TPSA) is 29.3 Å². The van der Waals surface area contributed by atoms with Crippen LogP contribution in [0.25, 0.3) is 0 Å². The lowest BCUT2D eigenvalue weighted by Crippen LogP contribution is -2.32. The molecule has 0 atom stereocenters. The van der Waals surface area contributed by atoms with Crippen molar-refractivity contribution in [2.75, 3.05) is 18.0 Å². The molecule has 0 saturated heterocycles. The maximum atomic E-state index is 6.03. The molecule has 0 aliphatic carbocycles. The van der Waals surface area contributed by atoms with Gasteiger partial charge in [0.25, 0.3) is 0 Å². The summed E-state index contributed by atoms with van der Waals surface area (Å²) in [7, 11) is 0. The molecule has 2 nitrogen and oxygen atoms in total. The van der Waals surface area contributed by atoms with Gasteiger partial charge in [-0.2, -0.15) is 0 Å². The van der Waals surface area contributed by atoms with Crippen molar-refractivity contribution in [1.29, 1.82) is 0 Å². The molecule has 104 valence electrons. The molecule has 0 radical (unpaired) electrons. The summed E-state index contributed by atoms with van der Waals surface area (Å²) < 4.78 is 0. The van der Waals surface area contributed by atoms with E-state index in [0.29, 0.717) is 6.54 Å². The zero-order valence-corrected chi connectivity index (χ0v) is 12.8. The smallest absolute Gasteiger partial charge is 0.0415 e. The Balaban J connectivity index is 2.20. The van der Waals surface area contributed by atoms with E-state index in [-0.39, 0.29) is 5.41 Å². The predicted molar refractivity (Wildman–Crippen MR) is 83.7 cm³/mol. The molecule has 3 heteroatoms. The third kappa shape index (κ3) is 3.31. The van der Waals surface area contributed by atoms with Gasteiger partial charge in [0.2, 0.25) is 0 Å². The molecule has 1 aromatic carbocycles. The van der Waals surface area contributed by atoms with Gasteiger partial charge in [0, 0.05) is 30.3 Å². The molecule has 0 unspecified atom stereocenters. The molecule has 19 heavy (non-hydrogen) atoms. The third-order valence-electron chi connectivity index (χ3n) is 3.77. The van der Waals surface area contributed by atoms with Crippen molar-refractivity contribution in [1.82, 2.24) is 0 Å². The van der Waals surface area contributed by atoms with Crippen LogP contribution in [0.5, 0.6) is 0 Å². The molecule has 0 spiro atoms. The van der Waals surface area contributed by atoms with Crippen LogP contribution in [0.3, 0.4) is 0 Å². The van der Waals surface area contributed by atoms with Crippen LogP contribution in [0.1, 0.15) is 32.8 Å². The number of halogens is 1. The highest BCUT2D eigenvalue weighted by Crippen LogP contribution is 2.33. The van der Waals surface area contributed by atoms with Crippen molar-refractivity contribution in [2.45, 2.75) is 33.7 Å². The fourth-order valence-corrected chi connectivity index (χ4v) is 2.79. The van der Waals surface area contributed by atoms with Gasteiger partial charge < -0.3 is 10.6 Å². The highest BCUT2D eigenvalue weighted by Gasteiger charge is 2.22. The zero-order chi connectivity index (χ0) is 14.0. The molecular formula is C16H23ClN2. The molecule has 1 heterocycles. The molecular weight excluding hydrogens is 256 g/mol. The van der Waals surface area contributed by atoms with Gasteiger partial charge in [0.05, 0.1) is 0 Å². The Morgan fingerprint density at radius 2 is 2.05 bits per heavy atom. The van der Waals surface area contributed by atoms with Crippen LogP contribution in [-0.4, -0.2) is 13.1 Å². The van der Waals surface area contributed by atoms with Crippen LogP contribution < -0.4 is 10.6 Å². The Labute approximate surface area is 121 Å². The van der Waals surface area contributed by atoms with E-state index in [1.807, 2.05) is 12.1 Å². The van der Waals surface area contributed by atoms with Crippen LogP contribution in [0, 0.1) is 5.41 Å². The molecule has 1 aliphatic heterocycles. The van der Waals surface area contributed by atoms with Gasteiger partial charge in [-0.15, -0.1) is 0 Å². The van der Waals surface area contributed by atoms with E-state index in [4.69, 9.17) is 17.3 Å². The fraction of sp³-hybridized carbons (Fsp3) is 0.500. The first-order valence-electron chi connectivity index (χ1n) is 6.85. The second-order valence-electron chi connectivity index (χ2n) is 6.15. The molecule has 1 aromatic rings. The van der Waals surface area contributed by atoms with Crippen LogP contribution in [0.15, 0.2) is 29.8 Å². The van der Waals surface area contributed by atoms with Crippen molar-refractivity contribution in [2.24, 2.45) is 11.1 Å². The van der Waals surface area contributed by atoms with Crippen molar-refractivity contribution in [3.63, 3.8) is 0 Å². The van der Waals surface area contributed by atoms with Crippen LogP contribution in [-0.2, 0) is 6.54 Å². The first kappa shape index (κ1) is 14.4. The minimum atomic E-state index is 0.281. The average molecular weight is 279 g/mol. The van der Waals surface area contributed by atoms with Crippen molar-refractivity contribution >= 4 is 17.3 Å². The monoisotopic (exact) mass is 278 g/mol. The first-order chi connectivity index (χ1) is 8.91. The molecule has 0 bridgehead atoms. The summed E-state index contributed by atoms with van der Waals surface area (Å²) in [6, 6.07) is 6.00. The number of nitrogens with zero attached hydrogens (tertiary/aromatic N) is 1. The standard InChI is InChI=1S/C16H23ClN2/c1-16(2,3)13-6-8-19(9-7-13)15-5-4-14(17)10-12(15)11-18/h4-6,10H,7-9,11,18H2,1-3H3. The molecule has 0 saturated carbocycles. The summed E-state index contributed by atoms with van der Waals surface area (Å²) in [6.07, 6.45) is 3.48. The number of hydrogen-bond acceptors (Lipinski definition) is 2. The summed E-state index contributed by atoms with van der Waals surface area (Å²) in [5.41, 5.74) is 9.99. The third-order valence-corrected chi connectivity index (χ3v) is 4.01. The van der Waals surface area contributed by atoms with Gasteiger partial charge in [-0.3, -0.25) is 0 Å². The van der Waals surface area contributed by atoms with E-state index in [9.17, 15) is 0 Å². The van der Waals surface area contributed by atoms with Crippen molar-refractivity contribution < 1.29 is 0 Å². The molecule has 1 aliphatic rings. The SMILES string of the molecule is CC(C)(C)C1=CCN(c2ccc(Cl)cc2CN)CC1. The van der Waals surface area contributed by atoms with E-state index >= 15 is 0 Å². The molecule has 0 aromatic heterocycles. The molecule has 0 fully saturated rings. The summed E-state index contributed by atoms with van der Waals surface area (Å²) >= 11 is 6.03. The lowest BCUT2D eigenvalue weighted by molar-refractivity contribution is 0.472. The zero-order valence-electron chi connectivity index (χ0n) is 12.0. The second-order valence-corrected chi connectivity index (χ2v) is 6.59. The summed E-state index contributed by atoms with van der Waals surface area (Å²) in [6.45, 7) is 9.38. The van der Waals surface area contributed by atoms with E-state index < -0.39 is 0 Å². The van der Waals surface area contributed by atoms with Gasteiger partial charge in [-0.05, 0) is 35.6 Å². The summed E-state index contributed by atoms with van der Waals surface area (Å²) in [4.78, 5) is 2.38. The Morgan fingerprint density at radius 1 is 1.32 bits per heavy atom. The Hall–Kier alpha value is -0.990. The summed E-state index contributed by atoms with van der Waals surface area (Å²) in [5, 5.41) is 0.757. The summed E-state index contributed by atoms with van der Waals surface area (Å²) in [5.74, 6) is 0. The minimum Gasteiger partial charge on any atom is -0.367 e. The number of benzene rings is 1. The largest absolute Gasteiger partial charge is 0.367 e. The number of rotatable bonds is 2. The quantitative estimate of drug-likeness (QED) is 0.829. The van der Waals surface area contributed by atoms with Gasteiger partial charge in [0.1, 0.15) is 0 Å². The Morgan fingerprint density at radius 3 is 2.58 bits per heavy atom. The first-order valence-corrected chi connectivity index (χ1v) is 7.22. The van der Waals surface area contributed by atoms with Crippen molar-refractivity contribution in [3.8, 4) is 0 Å². The lowest BCUT2D eigenvalue weighted by Gasteiger charge is -2.34. The van der Waals surface area contributed by atoms with Gasteiger partial charge >= 0.3 is 0 Å². The minimum absolute atomic E-state index is 0.281. The van der Waals surface area contributed by atoms with Crippen LogP contribution >= 0.6 is 11.6 Å². The van der Waals surface area contributed by atoms with Gasteiger partial charge in [0.15, 0.2) is 0 Å². The predicted octanol–water partition coefficient (Wildman–Crippen LogP) is 3.98. The van der Waals surface area contributed by atoms with E-state index in [1.54, 1.807) is 5.57 Å². The maximum absolute atomic E-state index is 6.03. The van der Waals surface area contributed by atoms with E-state index in [0.717, 1.165) is 30.1 Å². The van der Waals surface area contributed by atoms with Gasteiger partial charge in [-0.25, -0.2) is 0 Å². The van der Waals surface area contributed by atoms with Gasteiger partial charge in [-0.1, -0.05) is 44.0 Å². The fourth-order valence-electron chi connectivity index (χ4n) is 2.60. The maximum Gasteiger partial charge on any atom is 0.0415 e. The molecule has 2 N–H and O–H groups in total. The normalized spacial score (nSPS) is 16.5. The van der Waals surface area contributed by atoms with Crippen LogP contribution in [0.4, 0.5) is 5.69 Å². The lowest BCUT2D eigenvalue weighted by atomic mass is 9.83. The molecule has 0 amide bonds. The number of hydrogen-bond donors (Lipinski definition) is 1. The highest BCUT2D eigenvalue weighted by atomic mass is 35.5. The van der Waals surface area contributed by atoms with Crippen LogP contribution in [0.2, 0.25) is 5.02 Å². The average Bonchev–Trinajstić information content (AvgIpc) is 2.37. The van der Waals surface area contributed by atoms with E-state index in [2.05, 4.69) is 37.8 Å². The molecule has 2 rings (SSSR count). The van der Waals surface area contributed by atoms with Crippen molar-refractivity contribution in [3.05, 3.63) is 40.4 Å². The van der Waals surface area contributed by atoms with E-state index in [1.165, 1.54) is 5.69 Å². The second kappa shape index (κ2) is 5.56.